The monoisotopic (exact) mass is 327 g/mol. The van der Waals surface area contributed by atoms with Crippen molar-refractivity contribution < 1.29 is 4.79 Å². The summed E-state index contributed by atoms with van der Waals surface area (Å²) in [7, 11) is 0. The van der Waals surface area contributed by atoms with E-state index in [2.05, 4.69) is 40.1 Å². The number of hydrogen-bond donors (Lipinski definition) is 2. The summed E-state index contributed by atoms with van der Waals surface area (Å²) in [6, 6.07) is 1.70. The number of nitrogens with zero attached hydrogens (tertiary/aromatic N) is 1. The molecule has 1 rings (SSSR count). The lowest BCUT2D eigenvalue weighted by Gasteiger charge is -2.15. The predicted octanol–water partition coefficient (Wildman–Crippen LogP) is 3.37. The lowest BCUT2D eigenvalue weighted by atomic mass is 9.99. The summed E-state index contributed by atoms with van der Waals surface area (Å²) < 4.78 is 0.755. The first-order chi connectivity index (χ1) is 9.08. The summed E-state index contributed by atoms with van der Waals surface area (Å²) >= 11 is 3.29. The zero-order valence-electron chi connectivity index (χ0n) is 11.6. The van der Waals surface area contributed by atoms with Crippen LogP contribution in [0, 0.1) is 5.92 Å². The number of carbonyl (C=O) groups excluding carboxylic acids is 1. The Morgan fingerprint density at radius 2 is 2.26 bits per heavy atom. The molecule has 0 saturated heterocycles. The number of nitrogens with two attached hydrogens (primary N) is 1. The molecule has 106 valence electrons. The normalized spacial score (nSPS) is 12.2. The van der Waals surface area contributed by atoms with Gasteiger partial charge in [-0.05, 0) is 34.3 Å². The van der Waals surface area contributed by atoms with Gasteiger partial charge in [-0.2, -0.15) is 0 Å². The number of nitrogens with one attached hydrogen (secondary N) is 1. The summed E-state index contributed by atoms with van der Waals surface area (Å²) in [6.45, 7) is 5.03. The molecule has 0 fully saturated rings. The van der Waals surface area contributed by atoms with Crippen molar-refractivity contribution in [3.8, 4) is 0 Å². The molecule has 1 aromatic heterocycles. The van der Waals surface area contributed by atoms with E-state index in [1.165, 1.54) is 12.8 Å². The Hall–Kier alpha value is -1.10. The van der Waals surface area contributed by atoms with Gasteiger partial charge in [-0.15, -0.1) is 0 Å². The van der Waals surface area contributed by atoms with E-state index in [0.717, 1.165) is 17.3 Å². The smallest absolute Gasteiger partial charge is 0.255 e. The largest absolute Gasteiger partial charge is 0.383 e. The lowest BCUT2D eigenvalue weighted by Crippen LogP contribution is -2.30. The van der Waals surface area contributed by atoms with Crippen LogP contribution >= 0.6 is 15.9 Å². The Balaban J connectivity index is 2.56. The van der Waals surface area contributed by atoms with Crippen LogP contribution in [0.4, 0.5) is 5.82 Å². The second-order valence-corrected chi connectivity index (χ2v) is 5.63. The molecule has 19 heavy (non-hydrogen) atoms. The first-order valence-corrected chi connectivity index (χ1v) is 7.57. The number of aromatic nitrogens is 1. The van der Waals surface area contributed by atoms with Gasteiger partial charge in [-0.1, -0.05) is 33.1 Å². The van der Waals surface area contributed by atoms with Crippen LogP contribution in [0.25, 0.3) is 0 Å². The lowest BCUT2D eigenvalue weighted by molar-refractivity contribution is 0.0946. The molecule has 4 nitrogen and oxygen atoms in total. The van der Waals surface area contributed by atoms with Crippen molar-refractivity contribution >= 4 is 27.7 Å². The molecule has 5 heteroatoms. The van der Waals surface area contributed by atoms with Gasteiger partial charge in [-0.25, -0.2) is 4.98 Å². The fourth-order valence-corrected chi connectivity index (χ4v) is 2.24. The molecule has 0 saturated carbocycles. The fraction of sp³-hybridized carbons (Fsp3) is 0.571. The van der Waals surface area contributed by atoms with Gasteiger partial charge >= 0.3 is 0 Å². The maximum absolute atomic E-state index is 12.1. The number of amides is 1. The minimum atomic E-state index is -0.152. The third-order valence-corrected chi connectivity index (χ3v) is 3.66. The van der Waals surface area contributed by atoms with Gasteiger partial charge in [0.15, 0.2) is 0 Å². The van der Waals surface area contributed by atoms with Crippen LogP contribution in [0.1, 0.15) is 49.9 Å². The molecule has 1 aromatic rings. The highest BCUT2D eigenvalue weighted by Gasteiger charge is 2.13. The summed E-state index contributed by atoms with van der Waals surface area (Å²) in [5.74, 6) is 0.647. The third kappa shape index (κ3) is 5.19. The van der Waals surface area contributed by atoms with Crippen molar-refractivity contribution in [3.05, 3.63) is 22.3 Å². The second-order valence-electron chi connectivity index (χ2n) is 4.71. The first kappa shape index (κ1) is 16.0. The quantitative estimate of drug-likeness (QED) is 0.806. The minimum absolute atomic E-state index is 0.152. The number of anilines is 1. The van der Waals surface area contributed by atoms with Crippen molar-refractivity contribution in [3.63, 3.8) is 0 Å². The van der Waals surface area contributed by atoms with Gasteiger partial charge in [-0.3, -0.25) is 4.79 Å². The molecule has 0 spiro atoms. The fourth-order valence-electron chi connectivity index (χ4n) is 1.91. The van der Waals surface area contributed by atoms with Crippen LogP contribution in [-0.4, -0.2) is 17.4 Å². The van der Waals surface area contributed by atoms with Crippen LogP contribution in [0.2, 0.25) is 0 Å². The highest BCUT2D eigenvalue weighted by Crippen LogP contribution is 2.16. The molecule has 0 bridgehead atoms. The average Bonchev–Trinajstić information content (AvgIpc) is 2.41. The van der Waals surface area contributed by atoms with Gasteiger partial charge in [0, 0.05) is 17.2 Å². The molecule has 1 atom stereocenters. The molecule has 0 aromatic carbocycles. The summed E-state index contributed by atoms with van der Waals surface area (Å²) in [6.07, 6.45) is 6.20. The van der Waals surface area contributed by atoms with E-state index in [1.807, 2.05) is 0 Å². The maximum Gasteiger partial charge on any atom is 0.255 e. The SMILES string of the molecule is CCCCC(CC)CNC(=O)c1cc(Br)cnc1N. The molecule has 0 radical (unpaired) electrons. The third-order valence-electron chi connectivity index (χ3n) is 3.22. The van der Waals surface area contributed by atoms with Crippen LogP contribution in [0.5, 0.6) is 0 Å². The highest BCUT2D eigenvalue weighted by molar-refractivity contribution is 9.10. The van der Waals surface area contributed by atoms with E-state index < -0.39 is 0 Å². The topological polar surface area (TPSA) is 68.0 Å². The minimum Gasteiger partial charge on any atom is -0.383 e. The zero-order chi connectivity index (χ0) is 14.3. The molecule has 0 aliphatic carbocycles. The van der Waals surface area contributed by atoms with Gasteiger partial charge in [0.2, 0.25) is 0 Å². The molecular formula is C14H22BrN3O. The Bertz CT molecular complexity index is 423. The number of nitrogen functional groups attached to an aromatic ring is 1. The predicted molar refractivity (Wildman–Crippen MR) is 82.0 cm³/mol. The van der Waals surface area contributed by atoms with Gasteiger partial charge in [0.1, 0.15) is 5.82 Å². The summed E-state index contributed by atoms with van der Waals surface area (Å²) in [5, 5.41) is 2.95. The first-order valence-electron chi connectivity index (χ1n) is 6.77. The maximum atomic E-state index is 12.1. The number of halogens is 1. The molecule has 0 aliphatic rings. The standard InChI is InChI=1S/C14H22BrN3O/c1-3-5-6-10(4-2)8-18-14(19)12-7-11(15)9-17-13(12)16/h7,9-10H,3-6,8H2,1-2H3,(H2,16,17)(H,18,19). The van der Waals surface area contributed by atoms with E-state index in [4.69, 9.17) is 5.73 Å². The number of rotatable bonds is 7. The highest BCUT2D eigenvalue weighted by atomic mass is 79.9. The van der Waals surface area contributed by atoms with Crippen molar-refractivity contribution in [2.45, 2.75) is 39.5 Å². The van der Waals surface area contributed by atoms with Crippen LogP contribution in [-0.2, 0) is 0 Å². The zero-order valence-corrected chi connectivity index (χ0v) is 13.2. The molecule has 1 unspecified atom stereocenters. The van der Waals surface area contributed by atoms with E-state index in [9.17, 15) is 4.79 Å². The summed E-state index contributed by atoms with van der Waals surface area (Å²) in [4.78, 5) is 16.0. The van der Waals surface area contributed by atoms with Crippen LogP contribution in [0.3, 0.4) is 0 Å². The van der Waals surface area contributed by atoms with Gasteiger partial charge in [0.25, 0.3) is 5.91 Å². The van der Waals surface area contributed by atoms with E-state index in [1.54, 1.807) is 12.3 Å². The Kier molecular flexibility index (Phi) is 6.84. The molecule has 3 N–H and O–H groups in total. The molecule has 0 aliphatic heterocycles. The van der Waals surface area contributed by atoms with Crippen molar-refractivity contribution in [1.82, 2.24) is 10.3 Å². The Morgan fingerprint density at radius 3 is 2.89 bits per heavy atom. The number of carbonyl (C=O) groups is 1. The molecule has 1 amide bonds. The Labute approximate surface area is 123 Å². The number of unbranched alkanes of at least 4 members (excludes halogenated alkanes) is 1. The van der Waals surface area contributed by atoms with Crippen LogP contribution < -0.4 is 11.1 Å². The van der Waals surface area contributed by atoms with Crippen molar-refractivity contribution in [2.24, 2.45) is 5.92 Å². The van der Waals surface area contributed by atoms with Gasteiger partial charge < -0.3 is 11.1 Å². The second kappa shape index (κ2) is 8.15. The van der Waals surface area contributed by atoms with E-state index >= 15 is 0 Å². The van der Waals surface area contributed by atoms with E-state index in [-0.39, 0.29) is 11.7 Å². The average molecular weight is 328 g/mol. The van der Waals surface area contributed by atoms with Crippen molar-refractivity contribution in [2.75, 3.05) is 12.3 Å². The van der Waals surface area contributed by atoms with E-state index in [0.29, 0.717) is 18.0 Å². The van der Waals surface area contributed by atoms with Gasteiger partial charge in [0.05, 0.1) is 5.56 Å². The molecule has 1 heterocycles. The number of pyridine rings is 1. The van der Waals surface area contributed by atoms with Crippen LogP contribution in [0.15, 0.2) is 16.7 Å². The molecular weight excluding hydrogens is 306 g/mol. The number of hydrogen-bond acceptors (Lipinski definition) is 3. The van der Waals surface area contributed by atoms with Crippen molar-refractivity contribution in [1.29, 1.82) is 0 Å². The Morgan fingerprint density at radius 1 is 1.53 bits per heavy atom. The summed E-state index contributed by atoms with van der Waals surface area (Å²) in [5.41, 5.74) is 6.15.